The van der Waals surface area contributed by atoms with Crippen LogP contribution in [-0.2, 0) is 9.16 Å². The summed E-state index contributed by atoms with van der Waals surface area (Å²) < 4.78 is 36.2. The van der Waals surface area contributed by atoms with Crippen molar-refractivity contribution in [2.24, 2.45) is 0 Å². The predicted octanol–water partition coefficient (Wildman–Crippen LogP) is 8.72. The standard InChI is InChI=1S/C38H47NO8Si/c1-22(2)48(23(3)4,24(5)6)47-34-17-18-44-38(34)45-32-15-13-27-21-31(37(41)46-35(27)25(32)7)39-36(40)28-14-16-33(43-9)30(20-28)26-11-10-12-29(19-26)42-8/h10-16,19-24,34,38H,17-18H2,1-9H3,(H,39,40)/t34-,38?/m1/s1. The molecule has 1 saturated heterocycles. The molecule has 0 saturated carbocycles. The molecule has 4 aromatic rings. The van der Waals surface area contributed by atoms with Crippen LogP contribution < -0.4 is 25.2 Å². The number of rotatable bonds is 12. The quantitative estimate of drug-likeness (QED) is 0.118. The smallest absolute Gasteiger partial charge is 0.360 e. The number of carbonyl (C=O) groups is 1. The molecule has 10 heteroatoms. The van der Waals surface area contributed by atoms with Gasteiger partial charge >= 0.3 is 5.63 Å². The summed E-state index contributed by atoms with van der Waals surface area (Å²) in [7, 11) is 1.01. The molecule has 48 heavy (non-hydrogen) atoms. The average Bonchev–Trinajstić information content (AvgIpc) is 3.50. The Morgan fingerprint density at radius 3 is 2.27 bits per heavy atom. The van der Waals surface area contributed by atoms with Gasteiger partial charge in [0, 0.05) is 28.5 Å². The van der Waals surface area contributed by atoms with Crippen molar-refractivity contribution in [2.45, 2.75) is 83.9 Å². The van der Waals surface area contributed by atoms with Crippen molar-refractivity contribution in [1.82, 2.24) is 0 Å². The molecule has 1 unspecified atom stereocenters. The summed E-state index contributed by atoms with van der Waals surface area (Å²) in [5, 5.41) is 3.38. The molecule has 0 bridgehead atoms. The van der Waals surface area contributed by atoms with Crippen LogP contribution in [0.3, 0.4) is 0 Å². The second-order valence-corrected chi connectivity index (χ2v) is 18.7. The molecular formula is C38H47NO8Si. The van der Waals surface area contributed by atoms with Crippen LogP contribution in [0.15, 0.2) is 69.9 Å². The highest BCUT2D eigenvalue weighted by atomic mass is 28.4. The zero-order valence-corrected chi connectivity index (χ0v) is 30.3. The number of aryl methyl sites for hydroxylation is 1. The second kappa shape index (κ2) is 14.6. The van der Waals surface area contributed by atoms with Gasteiger partial charge in [-0.1, -0.05) is 53.7 Å². The van der Waals surface area contributed by atoms with Crippen molar-refractivity contribution in [2.75, 3.05) is 26.1 Å². The Balaban J connectivity index is 1.37. The third-order valence-electron chi connectivity index (χ3n) is 9.49. The number of hydrogen-bond donors (Lipinski definition) is 1. The van der Waals surface area contributed by atoms with Crippen molar-refractivity contribution in [3.05, 3.63) is 82.2 Å². The minimum atomic E-state index is -2.16. The Bertz CT molecular complexity index is 1810. The van der Waals surface area contributed by atoms with Crippen molar-refractivity contribution in [1.29, 1.82) is 0 Å². The molecule has 1 fully saturated rings. The maximum Gasteiger partial charge on any atom is 0.360 e. The van der Waals surface area contributed by atoms with Gasteiger partial charge < -0.3 is 33.1 Å². The monoisotopic (exact) mass is 673 g/mol. The van der Waals surface area contributed by atoms with Gasteiger partial charge in [0.1, 0.15) is 34.6 Å². The summed E-state index contributed by atoms with van der Waals surface area (Å²) in [6.45, 7) is 16.0. The zero-order chi connectivity index (χ0) is 34.7. The van der Waals surface area contributed by atoms with Gasteiger partial charge in [-0.3, -0.25) is 4.79 Å². The van der Waals surface area contributed by atoms with Crippen LogP contribution in [0.4, 0.5) is 5.69 Å². The van der Waals surface area contributed by atoms with E-state index in [0.29, 0.717) is 68.1 Å². The van der Waals surface area contributed by atoms with E-state index in [1.807, 2.05) is 43.3 Å². The van der Waals surface area contributed by atoms with E-state index in [1.165, 1.54) is 0 Å². The molecule has 0 aliphatic carbocycles. The summed E-state index contributed by atoms with van der Waals surface area (Å²) in [6.07, 6.45) is -0.00200. The van der Waals surface area contributed by atoms with E-state index in [9.17, 15) is 9.59 Å². The van der Waals surface area contributed by atoms with E-state index in [2.05, 4.69) is 46.9 Å². The number of ether oxygens (including phenoxy) is 4. The van der Waals surface area contributed by atoms with E-state index in [1.54, 1.807) is 38.5 Å². The first kappa shape index (κ1) is 35.2. The fourth-order valence-electron chi connectivity index (χ4n) is 7.14. The lowest BCUT2D eigenvalue weighted by atomic mass is 10.0. The first-order valence-electron chi connectivity index (χ1n) is 16.6. The molecule has 1 aromatic heterocycles. The number of benzene rings is 3. The fourth-order valence-corrected chi connectivity index (χ4v) is 12.7. The Hall–Kier alpha value is -4.12. The molecule has 1 aliphatic heterocycles. The molecule has 9 nitrogen and oxygen atoms in total. The predicted molar refractivity (Wildman–Crippen MR) is 191 cm³/mol. The van der Waals surface area contributed by atoms with Crippen molar-refractivity contribution in [3.8, 4) is 28.4 Å². The Morgan fingerprint density at radius 2 is 1.60 bits per heavy atom. The molecule has 1 amide bonds. The van der Waals surface area contributed by atoms with E-state index in [0.717, 1.165) is 12.0 Å². The molecule has 256 valence electrons. The number of methoxy groups -OCH3 is 2. The Morgan fingerprint density at radius 1 is 0.896 bits per heavy atom. The van der Waals surface area contributed by atoms with E-state index in [4.69, 9.17) is 27.8 Å². The lowest BCUT2D eigenvalue weighted by Crippen LogP contribution is -2.52. The molecular weight excluding hydrogens is 627 g/mol. The highest BCUT2D eigenvalue weighted by Crippen LogP contribution is 2.44. The summed E-state index contributed by atoms with van der Waals surface area (Å²) in [6, 6.07) is 17.8. The molecule has 3 aromatic carbocycles. The second-order valence-electron chi connectivity index (χ2n) is 13.3. The van der Waals surface area contributed by atoms with Gasteiger partial charge in [-0.05, 0) is 77.6 Å². The normalized spacial score (nSPS) is 16.6. The fraction of sp³-hybridized carbons (Fsp3) is 0.421. The number of amides is 1. The van der Waals surface area contributed by atoms with Gasteiger partial charge in [0.05, 0.1) is 20.8 Å². The molecule has 1 aliphatic rings. The van der Waals surface area contributed by atoms with Crippen molar-refractivity contribution < 1.29 is 32.6 Å². The third kappa shape index (κ3) is 6.88. The topological polar surface area (TPSA) is 105 Å². The lowest BCUT2D eigenvalue weighted by Gasteiger charge is -2.44. The molecule has 1 N–H and O–H groups in total. The van der Waals surface area contributed by atoms with Gasteiger partial charge in [-0.25, -0.2) is 4.79 Å². The maximum atomic E-state index is 13.4. The van der Waals surface area contributed by atoms with E-state index >= 15 is 0 Å². The number of anilines is 1. The van der Waals surface area contributed by atoms with E-state index in [-0.39, 0.29) is 11.8 Å². The van der Waals surface area contributed by atoms with Crippen LogP contribution in [0.5, 0.6) is 17.2 Å². The summed E-state index contributed by atoms with van der Waals surface area (Å²) in [4.78, 5) is 26.6. The van der Waals surface area contributed by atoms with Crippen LogP contribution in [0, 0.1) is 6.92 Å². The average molecular weight is 674 g/mol. The number of hydrogen-bond acceptors (Lipinski definition) is 8. The molecule has 5 rings (SSSR count). The molecule has 0 radical (unpaired) electrons. The van der Waals surface area contributed by atoms with Gasteiger partial charge in [0.2, 0.25) is 14.6 Å². The van der Waals surface area contributed by atoms with Crippen LogP contribution in [-0.4, -0.2) is 47.4 Å². The summed E-state index contributed by atoms with van der Waals surface area (Å²) in [5.41, 5.74) is 3.59. The van der Waals surface area contributed by atoms with Crippen LogP contribution in [0.1, 0.15) is 63.9 Å². The summed E-state index contributed by atoms with van der Waals surface area (Å²) >= 11 is 0. The highest BCUT2D eigenvalue weighted by molar-refractivity contribution is 6.77. The lowest BCUT2D eigenvalue weighted by molar-refractivity contribution is -0.0861. The van der Waals surface area contributed by atoms with Crippen LogP contribution in [0.2, 0.25) is 16.6 Å². The number of fused-ring (bicyclic) bond motifs is 1. The number of nitrogens with one attached hydrogen (secondary N) is 1. The van der Waals surface area contributed by atoms with E-state index < -0.39 is 26.1 Å². The Kier molecular flexibility index (Phi) is 10.7. The SMILES string of the molecule is COc1cccc(-c2cc(C(=O)Nc3cc4ccc(OC5OCC[C@H]5O[Si](C(C)C)(C(C)C)C(C)C)c(C)c4oc3=O)ccc2OC)c1. The Labute approximate surface area is 283 Å². The first-order chi connectivity index (χ1) is 22.9. The highest BCUT2D eigenvalue weighted by Gasteiger charge is 2.49. The van der Waals surface area contributed by atoms with Crippen LogP contribution in [0.25, 0.3) is 22.1 Å². The van der Waals surface area contributed by atoms with Crippen molar-refractivity contribution in [3.63, 3.8) is 0 Å². The largest absolute Gasteiger partial charge is 0.497 e. The van der Waals surface area contributed by atoms with Gasteiger partial charge in [0.15, 0.2) is 0 Å². The minimum Gasteiger partial charge on any atom is -0.497 e. The van der Waals surface area contributed by atoms with Crippen molar-refractivity contribution >= 4 is 30.9 Å². The molecule has 2 atom stereocenters. The minimum absolute atomic E-state index is 0.0317. The van der Waals surface area contributed by atoms with Gasteiger partial charge in [-0.2, -0.15) is 0 Å². The van der Waals surface area contributed by atoms with Gasteiger partial charge in [0.25, 0.3) is 5.91 Å². The number of carbonyl (C=O) groups excluding carboxylic acids is 1. The summed E-state index contributed by atoms with van der Waals surface area (Å²) in [5.74, 6) is 1.37. The zero-order valence-electron chi connectivity index (χ0n) is 29.3. The van der Waals surface area contributed by atoms with Crippen LogP contribution >= 0.6 is 0 Å². The van der Waals surface area contributed by atoms with Gasteiger partial charge in [-0.15, -0.1) is 0 Å². The maximum absolute atomic E-state index is 13.4. The molecule has 2 heterocycles. The molecule has 0 spiro atoms. The third-order valence-corrected chi connectivity index (χ3v) is 15.6. The first-order valence-corrected chi connectivity index (χ1v) is 18.7.